The molecular weight excluding hydrogens is 336 g/mol. The van der Waals surface area contributed by atoms with E-state index in [1.165, 1.54) is 0 Å². The van der Waals surface area contributed by atoms with Crippen molar-refractivity contribution in [2.45, 2.75) is 6.54 Å². The molecule has 0 aliphatic heterocycles. The van der Waals surface area contributed by atoms with Crippen LogP contribution in [0.2, 0.25) is 0 Å². The maximum absolute atomic E-state index is 5.46. The quantitative estimate of drug-likeness (QED) is 0.678. The standard InChI is InChI=1S/C19H20N2O3S/c1-22-15-10-17(24-3)16(23-2)9-14(15)11-20-19-21-12-18(25-19)13-7-5-4-6-8-13/h4-10,12H,11H2,1-3H3,(H,20,21). The summed E-state index contributed by atoms with van der Waals surface area (Å²) in [5.74, 6) is 2.05. The van der Waals surface area contributed by atoms with Crippen LogP contribution in [0.25, 0.3) is 10.4 Å². The van der Waals surface area contributed by atoms with Crippen molar-refractivity contribution < 1.29 is 14.2 Å². The number of rotatable bonds is 7. The second kappa shape index (κ2) is 7.90. The maximum atomic E-state index is 5.46. The number of thiazole rings is 1. The highest BCUT2D eigenvalue weighted by Crippen LogP contribution is 2.35. The van der Waals surface area contributed by atoms with Gasteiger partial charge >= 0.3 is 0 Å². The SMILES string of the molecule is COc1cc(OC)c(OC)cc1CNc1ncc(-c2ccccc2)s1. The molecule has 0 radical (unpaired) electrons. The van der Waals surface area contributed by atoms with Crippen molar-refractivity contribution in [1.82, 2.24) is 4.98 Å². The lowest BCUT2D eigenvalue weighted by atomic mass is 10.1. The van der Waals surface area contributed by atoms with E-state index in [4.69, 9.17) is 14.2 Å². The Kier molecular flexibility index (Phi) is 5.40. The average Bonchev–Trinajstić information content (AvgIpc) is 3.15. The summed E-state index contributed by atoms with van der Waals surface area (Å²) in [5, 5.41) is 4.20. The first kappa shape index (κ1) is 17.1. The van der Waals surface area contributed by atoms with E-state index in [-0.39, 0.29) is 0 Å². The fraction of sp³-hybridized carbons (Fsp3) is 0.211. The van der Waals surface area contributed by atoms with Gasteiger partial charge in [-0.25, -0.2) is 4.98 Å². The van der Waals surface area contributed by atoms with E-state index in [1.807, 2.05) is 36.5 Å². The molecular formula is C19H20N2O3S. The molecule has 25 heavy (non-hydrogen) atoms. The van der Waals surface area contributed by atoms with Crippen molar-refractivity contribution in [1.29, 1.82) is 0 Å². The van der Waals surface area contributed by atoms with E-state index in [0.29, 0.717) is 18.0 Å². The van der Waals surface area contributed by atoms with Crippen molar-refractivity contribution in [2.24, 2.45) is 0 Å². The highest BCUT2D eigenvalue weighted by Gasteiger charge is 2.12. The first-order valence-corrected chi connectivity index (χ1v) is 8.60. The summed E-state index contributed by atoms with van der Waals surface area (Å²) in [6.45, 7) is 0.575. The summed E-state index contributed by atoms with van der Waals surface area (Å²) in [6.07, 6.45) is 1.88. The largest absolute Gasteiger partial charge is 0.496 e. The van der Waals surface area contributed by atoms with E-state index in [1.54, 1.807) is 32.7 Å². The van der Waals surface area contributed by atoms with E-state index in [9.17, 15) is 0 Å². The molecule has 3 rings (SSSR count). The zero-order valence-corrected chi connectivity index (χ0v) is 15.2. The summed E-state index contributed by atoms with van der Waals surface area (Å²) in [5.41, 5.74) is 2.13. The summed E-state index contributed by atoms with van der Waals surface area (Å²) in [4.78, 5) is 5.58. The molecule has 130 valence electrons. The molecule has 0 saturated heterocycles. The van der Waals surface area contributed by atoms with E-state index in [0.717, 1.165) is 26.9 Å². The van der Waals surface area contributed by atoms with Gasteiger partial charge < -0.3 is 19.5 Å². The number of aromatic nitrogens is 1. The van der Waals surface area contributed by atoms with Crippen LogP contribution in [0.1, 0.15) is 5.56 Å². The van der Waals surface area contributed by atoms with Gasteiger partial charge in [-0.1, -0.05) is 41.7 Å². The third kappa shape index (κ3) is 3.85. The van der Waals surface area contributed by atoms with Gasteiger partial charge in [0.05, 0.1) is 26.2 Å². The van der Waals surface area contributed by atoms with E-state index < -0.39 is 0 Å². The summed E-state index contributed by atoms with van der Waals surface area (Å²) in [6, 6.07) is 14.0. The molecule has 0 saturated carbocycles. The van der Waals surface area contributed by atoms with Crippen molar-refractivity contribution in [3.63, 3.8) is 0 Å². The Hall–Kier alpha value is -2.73. The minimum absolute atomic E-state index is 0.575. The zero-order chi connectivity index (χ0) is 17.6. The minimum atomic E-state index is 0.575. The molecule has 0 bridgehead atoms. The first-order valence-electron chi connectivity index (χ1n) is 7.79. The van der Waals surface area contributed by atoms with E-state index >= 15 is 0 Å². The van der Waals surface area contributed by atoms with Crippen molar-refractivity contribution >= 4 is 16.5 Å². The predicted molar refractivity (Wildman–Crippen MR) is 101 cm³/mol. The number of anilines is 1. The summed E-state index contributed by atoms with van der Waals surface area (Å²) in [7, 11) is 4.87. The van der Waals surface area contributed by atoms with Crippen molar-refractivity contribution in [3.05, 3.63) is 54.2 Å². The Bertz CT molecular complexity index is 834. The normalized spacial score (nSPS) is 10.4. The highest BCUT2D eigenvalue weighted by atomic mass is 32.1. The summed E-state index contributed by atoms with van der Waals surface area (Å²) >= 11 is 1.62. The molecule has 2 aromatic carbocycles. The first-order chi connectivity index (χ1) is 12.2. The number of ether oxygens (including phenoxy) is 3. The van der Waals surface area contributed by atoms with Gasteiger partial charge in [0.2, 0.25) is 0 Å². The van der Waals surface area contributed by atoms with Crippen LogP contribution in [0, 0.1) is 0 Å². The third-order valence-corrected chi connectivity index (χ3v) is 4.78. The molecule has 0 amide bonds. The third-order valence-electron chi connectivity index (χ3n) is 3.78. The van der Waals surface area contributed by atoms with Gasteiger partial charge in [-0.15, -0.1) is 0 Å². The van der Waals surface area contributed by atoms with Gasteiger partial charge in [0.15, 0.2) is 16.6 Å². The molecule has 0 aliphatic rings. The van der Waals surface area contributed by atoms with Crippen LogP contribution in [0.3, 0.4) is 0 Å². The number of hydrogen-bond acceptors (Lipinski definition) is 6. The lowest BCUT2D eigenvalue weighted by Crippen LogP contribution is -2.03. The van der Waals surface area contributed by atoms with Crippen LogP contribution in [-0.4, -0.2) is 26.3 Å². The molecule has 1 aromatic heterocycles. The Balaban J connectivity index is 1.76. The van der Waals surface area contributed by atoms with Crippen LogP contribution >= 0.6 is 11.3 Å². The van der Waals surface area contributed by atoms with Crippen LogP contribution in [0.4, 0.5) is 5.13 Å². The lowest BCUT2D eigenvalue weighted by Gasteiger charge is -2.14. The molecule has 0 aliphatic carbocycles. The lowest BCUT2D eigenvalue weighted by molar-refractivity contribution is 0.347. The maximum Gasteiger partial charge on any atom is 0.183 e. The Labute approximate surface area is 151 Å². The Morgan fingerprint density at radius 1 is 0.920 bits per heavy atom. The fourth-order valence-electron chi connectivity index (χ4n) is 2.49. The van der Waals surface area contributed by atoms with Gasteiger partial charge in [0, 0.05) is 24.4 Å². The molecule has 0 unspecified atom stereocenters. The minimum Gasteiger partial charge on any atom is -0.496 e. The average molecular weight is 356 g/mol. The van der Waals surface area contributed by atoms with Gasteiger partial charge in [-0.2, -0.15) is 0 Å². The van der Waals surface area contributed by atoms with Gasteiger partial charge in [0.1, 0.15) is 5.75 Å². The van der Waals surface area contributed by atoms with Crippen LogP contribution in [0.5, 0.6) is 17.2 Å². The summed E-state index contributed by atoms with van der Waals surface area (Å²) < 4.78 is 16.1. The van der Waals surface area contributed by atoms with Crippen LogP contribution < -0.4 is 19.5 Å². The second-order valence-electron chi connectivity index (χ2n) is 5.27. The molecule has 1 N–H and O–H groups in total. The second-order valence-corrected chi connectivity index (χ2v) is 6.30. The fourth-order valence-corrected chi connectivity index (χ4v) is 3.31. The van der Waals surface area contributed by atoms with Crippen molar-refractivity contribution in [2.75, 3.05) is 26.6 Å². The van der Waals surface area contributed by atoms with E-state index in [2.05, 4.69) is 22.4 Å². The number of nitrogens with zero attached hydrogens (tertiary/aromatic N) is 1. The highest BCUT2D eigenvalue weighted by molar-refractivity contribution is 7.18. The molecule has 3 aromatic rings. The zero-order valence-electron chi connectivity index (χ0n) is 14.4. The molecule has 0 fully saturated rings. The van der Waals surface area contributed by atoms with Gasteiger partial charge in [-0.3, -0.25) is 0 Å². The van der Waals surface area contributed by atoms with Crippen LogP contribution in [-0.2, 0) is 6.54 Å². The topological polar surface area (TPSA) is 52.6 Å². The smallest absolute Gasteiger partial charge is 0.183 e. The molecule has 1 heterocycles. The number of benzene rings is 2. The monoisotopic (exact) mass is 356 g/mol. The Morgan fingerprint density at radius 2 is 1.60 bits per heavy atom. The van der Waals surface area contributed by atoms with Crippen molar-refractivity contribution in [3.8, 4) is 27.7 Å². The van der Waals surface area contributed by atoms with Crippen LogP contribution in [0.15, 0.2) is 48.7 Å². The predicted octanol–water partition coefficient (Wildman–Crippen LogP) is 4.45. The number of hydrogen-bond donors (Lipinski definition) is 1. The van der Waals surface area contributed by atoms with Gasteiger partial charge in [-0.05, 0) is 11.6 Å². The molecule has 0 spiro atoms. The molecule has 6 heteroatoms. The Morgan fingerprint density at radius 3 is 2.28 bits per heavy atom. The number of methoxy groups -OCH3 is 3. The molecule has 5 nitrogen and oxygen atoms in total. The molecule has 0 atom stereocenters. The van der Waals surface area contributed by atoms with Gasteiger partial charge in [0.25, 0.3) is 0 Å². The number of nitrogens with one attached hydrogen (secondary N) is 1.